The predicted molar refractivity (Wildman–Crippen MR) is 67.0 cm³/mol. The van der Waals surface area contributed by atoms with Crippen LogP contribution < -0.4 is 0 Å². The molecule has 2 aliphatic rings. The Morgan fingerprint density at radius 3 is 2.53 bits per heavy atom. The van der Waals surface area contributed by atoms with E-state index < -0.39 is 5.97 Å². The van der Waals surface area contributed by atoms with E-state index in [9.17, 15) is 4.79 Å². The topological polar surface area (TPSA) is 43.8 Å². The van der Waals surface area contributed by atoms with E-state index in [2.05, 4.69) is 23.4 Å². The Hall–Kier alpha value is -0.870. The second-order valence-electron chi connectivity index (χ2n) is 5.29. The first kappa shape index (κ1) is 12.6. The molecule has 2 aliphatic heterocycles. The van der Waals surface area contributed by atoms with Crippen molar-refractivity contribution in [3.63, 3.8) is 0 Å². The summed E-state index contributed by atoms with van der Waals surface area (Å²) in [7, 11) is 2.20. The third-order valence-corrected chi connectivity index (χ3v) is 4.29. The predicted octanol–water partition coefficient (Wildman–Crippen LogP) is 1.18. The highest BCUT2D eigenvalue weighted by Gasteiger charge is 2.40. The highest BCUT2D eigenvalue weighted by molar-refractivity contribution is 5.69. The molecule has 4 nitrogen and oxygen atoms in total. The highest BCUT2D eigenvalue weighted by Crippen LogP contribution is 2.36. The van der Waals surface area contributed by atoms with Crippen LogP contribution in [0.25, 0.3) is 0 Å². The maximum absolute atomic E-state index is 10.9. The fourth-order valence-electron chi connectivity index (χ4n) is 3.36. The van der Waals surface area contributed by atoms with Crippen LogP contribution in [-0.4, -0.2) is 59.1 Å². The zero-order valence-electron chi connectivity index (χ0n) is 10.5. The molecule has 2 rings (SSSR count). The van der Waals surface area contributed by atoms with E-state index in [-0.39, 0.29) is 6.54 Å². The molecule has 0 saturated carbocycles. The summed E-state index contributed by atoms with van der Waals surface area (Å²) in [6.07, 6.45) is 6.56. The number of carboxylic acids is 1. The van der Waals surface area contributed by atoms with E-state index in [0.717, 1.165) is 12.8 Å². The number of aliphatic carboxylic acids is 1. The van der Waals surface area contributed by atoms with Gasteiger partial charge < -0.3 is 10.0 Å². The van der Waals surface area contributed by atoms with Crippen LogP contribution >= 0.6 is 0 Å². The summed E-state index contributed by atoms with van der Waals surface area (Å²) in [6, 6.07) is 1.72. The molecule has 2 unspecified atom stereocenters. The molecule has 0 aromatic rings. The Morgan fingerprint density at radius 1 is 1.47 bits per heavy atom. The van der Waals surface area contributed by atoms with Crippen molar-refractivity contribution in [1.29, 1.82) is 0 Å². The van der Waals surface area contributed by atoms with Crippen LogP contribution in [0.1, 0.15) is 25.7 Å². The van der Waals surface area contributed by atoms with Gasteiger partial charge in [-0.1, -0.05) is 6.08 Å². The lowest BCUT2D eigenvalue weighted by atomic mass is 9.96. The molecule has 96 valence electrons. The molecule has 2 heterocycles. The molecule has 2 fully saturated rings. The van der Waals surface area contributed by atoms with Crippen LogP contribution in [0.4, 0.5) is 0 Å². The molecule has 17 heavy (non-hydrogen) atoms. The number of piperidine rings is 1. The zero-order valence-corrected chi connectivity index (χ0v) is 10.5. The van der Waals surface area contributed by atoms with Crippen LogP contribution in [0, 0.1) is 0 Å². The Bertz CT molecular complexity index is 292. The van der Waals surface area contributed by atoms with Crippen molar-refractivity contribution in [3.8, 4) is 0 Å². The summed E-state index contributed by atoms with van der Waals surface area (Å²) in [5.74, 6) is -0.738. The van der Waals surface area contributed by atoms with Crippen molar-refractivity contribution < 1.29 is 9.90 Å². The number of rotatable bonds is 5. The Balaban J connectivity index is 2.00. The van der Waals surface area contributed by atoms with Crippen LogP contribution in [0.3, 0.4) is 0 Å². The first-order valence-electron chi connectivity index (χ1n) is 6.40. The minimum absolute atomic E-state index is 0.139. The third-order valence-electron chi connectivity index (χ3n) is 4.29. The fraction of sp³-hybridized carbons (Fsp3) is 0.769. The Labute approximate surface area is 103 Å². The zero-order chi connectivity index (χ0) is 12.4. The van der Waals surface area contributed by atoms with Crippen LogP contribution in [0.2, 0.25) is 0 Å². The Kier molecular flexibility index (Phi) is 3.84. The lowest BCUT2D eigenvalue weighted by Crippen LogP contribution is -2.50. The minimum Gasteiger partial charge on any atom is -0.480 e. The molecule has 0 aromatic carbocycles. The molecule has 2 atom stereocenters. The van der Waals surface area contributed by atoms with Gasteiger partial charge in [-0.2, -0.15) is 0 Å². The summed E-state index contributed by atoms with van der Waals surface area (Å²) < 4.78 is 0. The molecule has 0 amide bonds. The second-order valence-corrected chi connectivity index (χ2v) is 5.29. The average molecular weight is 238 g/mol. The first-order chi connectivity index (χ1) is 8.11. The molecule has 2 bridgehead atoms. The van der Waals surface area contributed by atoms with Gasteiger partial charge >= 0.3 is 5.97 Å². The van der Waals surface area contributed by atoms with E-state index in [4.69, 9.17) is 5.11 Å². The SMILES string of the molecule is C=CCN(CC(=O)O)C1CC2CCC(C1)N2C. The van der Waals surface area contributed by atoms with Crippen LogP contribution in [0.15, 0.2) is 12.7 Å². The van der Waals surface area contributed by atoms with Crippen molar-refractivity contribution in [2.45, 2.75) is 43.8 Å². The number of hydrogen-bond donors (Lipinski definition) is 1. The lowest BCUT2D eigenvalue weighted by molar-refractivity contribution is -0.139. The molecule has 0 aromatic heterocycles. The van der Waals surface area contributed by atoms with Crippen molar-refractivity contribution in [2.75, 3.05) is 20.1 Å². The fourth-order valence-corrected chi connectivity index (χ4v) is 3.36. The Morgan fingerprint density at radius 2 is 2.06 bits per heavy atom. The van der Waals surface area contributed by atoms with E-state index >= 15 is 0 Å². The third kappa shape index (κ3) is 2.69. The average Bonchev–Trinajstić information content (AvgIpc) is 2.52. The summed E-state index contributed by atoms with van der Waals surface area (Å²) in [5.41, 5.74) is 0. The normalized spacial score (nSPS) is 32.9. The molecule has 0 radical (unpaired) electrons. The summed E-state index contributed by atoms with van der Waals surface area (Å²) in [4.78, 5) is 15.4. The van der Waals surface area contributed by atoms with Gasteiger partial charge in [-0.3, -0.25) is 9.69 Å². The van der Waals surface area contributed by atoms with E-state index in [0.29, 0.717) is 24.7 Å². The highest BCUT2D eigenvalue weighted by atomic mass is 16.4. The number of carboxylic acid groups (broad SMARTS) is 1. The molecular weight excluding hydrogens is 216 g/mol. The van der Waals surface area contributed by atoms with Crippen LogP contribution in [0.5, 0.6) is 0 Å². The number of fused-ring (bicyclic) bond motifs is 2. The number of hydrogen-bond acceptors (Lipinski definition) is 3. The van der Waals surface area contributed by atoms with Crippen LogP contribution in [-0.2, 0) is 4.79 Å². The monoisotopic (exact) mass is 238 g/mol. The van der Waals surface area contributed by atoms with Gasteiger partial charge in [0.2, 0.25) is 0 Å². The van der Waals surface area contributed by atoms with Gasteiger partial charge in [-0.25, -0.2) is 0 Å². The molecule has 1 N–H and O–H groups in total. The van der Waals surface area contributed by atoms with Gasteiger partial charge in [0.15, 0.2) is 0 Å². The smallest absolute Gasteiger partial charge is 0.317 e. The number of carbonyl (C=O) groups is 1. The number of nitrogens with zero attached hydrogens (tertiary/aromatic N) is 2. The summed E-state index contributed by atoms with van der Waals surface area (Å²) >= 11 is 0. The van der Waals surface area contributed by atoms with Gasteiger partial charge in [-0.05, 0) is 32.7 Å². The van der Waals surface area contributed by atoms with Crippen molar-refractivity contribution in [3.05, 3.63) is 12.7 Å². The maximum atomic E-state index is 10.9. The van der Waals surface area contributed by atoms with Crippen molar-refractivity contribution >= 4 is 5.97 Å². The minimum atomic E-state index is -0.738. The maximum Gasteiger partial charge on any atom is 0.317 e. The van der Waals surface area contributed by atoms with E-state index in [1.54, 1.807) is 0 Å². The summed E-state index contributed by atoms with van der Waals surface area (Å²) in [5, 5.41) is 8.95. The van der Waals surface area contributed by atoms with Gasteiger partial charge in [0.25, 0.3) is 0 Å². The van der Waals surface area contributed by atoms with E-state index in [1.165, 1.54) is 12.8 Å². The molecule has 0 spiro atoms. The largest absolute Gasteiger partial charge is 0.480 e. The first-order valence-corrected chi connectivity index (χ1v) is 6.40. The molecular formula is C13H22N2O2. The van der Waals surface area contributed by atoms with Gasteiger partial charge in [-0.15, -0.1) is 6.58 Å². The quantitative estimate of drug-likeness (QED) is 0.731. The van der Waals surface area contributed by atoms with Crippen molar-refractivity contribution in [2.24, 2.45) is 0 Å². The molecule has 4 heteroatoms. The van der Waals surface area contributed by atoms with Crippen molar-refractivity contribution in [1.82, 2.24) is 9.80 Å². The van der Waals surface area contributed by atoms with Gasteiger partial charge in [0.05, 0.1) is 6.54 Å². The van der Waals surface area contributed by atoms with E-state index in [1.807, 2.05) is 6.08 Å². The lowest BCUT2D eigenvalue weighted by Gasteiger charge is -2.41. The molecule has 0 aliphatic carbocycles. The second kappa shape index (κ2) is 5.19. The van der Waals surface area contributed by atoms with Gasteiger partial charge in [0.1, 0.15) is 0 Å². The molecule has 2 saturated heterocycles. The standard InChI is InChI=1S/C13H22N2O2/c1-3-6-15(9-13(16)17)12-7-10-4-5-11(8-12)14(10)2/h3,10-12H,1,4-9H2,2H3,(H,16,17). The summed E-state index contributed by atoms with van der Waals surface area (Å²) in [6.45, 7) is 4.55. The van der Waals surface area contributed by atoms with Gasteiger partial charge in [0, 0.05) is 24.7 Å².